The molecule has 0 unspecified atom stereocenters. The quantitative estimate of drug-likeness (QED) is 0.394. The Morgan fingerprint density at radius 3 is 2.30 bits per heavy atom. The van der Waals surface area contributed by atoms with Gasteiger partial charge < -0.3 is 5.32 Å². The Bertz CT molecular complexity index is 1260. The van der Waals surface area contributed by atoms with Crippen LogP contribution in [0, 0.1) is 0 Å². The number of amides is 2. The van der Waals surface area contributed by atoms with Crippen LogP contribution in [0.4, 0.5) is 11.4 Å². The molecule has 9 heteroatoms. The SMILES string of the molecule is CC(=O)Nc1cccc(/C=N/NC(=O)c2ccc(CN(c3ccccc3)S(C)(=O)=O)cc2)c1. The second-order valence-electron chi connectivity index (χ2n) is 7.31. The van der Waals surface area contributed by atoms with E-state index in [-0.39, 0.29) is 12.5 Å². The van der Waals surface area contributed by atoms with Crippen molar-refractivity contribution in [2.24, 2.45) is 5.10 Å². The average molecular weight is 465 g/mol. The van der Waals surface area contributed by atoms with Crippen LogP contribution in [-0.2, 0) is 21.4 Å². The van der Waals surface area contributed by atoms with E-state index in [1.165, 1.54) is 17.4 Å². The molecule has 0 spiro atoms. The number of rotatable bonds is 8. The number of carbonyl (C=O) groups is 2. The molecule has 0 atom stereocenters. The lowest BCUT2D eigenvalue weighted by atomic mass is 10.1. The molecule has 0 aromatic heterocycles. The summed E-state index contributed by atoms with van der Waals surface area (Å²) in [5, 5.41) is 6.64. The molecule has 0 heterocycles. The van der Waals surface area contributed by atoms with Crippen LogP contribution in [-0.4, -0.2) is 32.7 Å². The number of carbonyl (C=O) groups excluding carboxylic acids is 2. The summed E-state index contributed by atoms with van der Waals surface area (Å²) in [7, 11) is -3.48. The molecule has 2 amide bonds. The first-order chi connectivity index (χ1) is 15.7. The van der Waals surface area contributed by atoms with E-state index in [0.29, 0.717) is 22.5 Å². The number of hydrogen-bond acceptors (Lipinski definition) is 5. The fraction of sp³-hybridized carbons (Fsp3) is 0.125. The molecule has 0 aliphatic rings. The summed E-state index contributed by atoms with van der Waals surface area (Å²) in [5.74, 6) is -0.580. The number of hydrogen-bond donors (Lipinski definition) is 2. The van der Waals surface area contributed by atoms with Crippen LogP contribution >= 0.6 is 0 Å². The first-order valence-corrected chi connectivity index (χ1v) is 11.9. The standard InChI is InChI=1S/C24H24N4O4S/c1-18(29)26-22-8-6-7-20(15-22)16-25-27-24(30)21-13-11-19(12-14-21)17-28(33(2,31)32)23-9-4-3-5-10-23/h3-16H,17H2,1-2H3,(H,26,29)(H,27,30)/b25-16+. The van der Waals surface area contributed by atoms with Crippen molar-refractivity contribution in [2.75, 3.05) is 15.9 Å². The summed E-state index contributed by atoms with van der Waals surface area (Å²) in [6.45, 7) is 1.57. The number of nitrogens with zero attached hydrogens (tertiary/aromatic N) is 2. The molecule has 0 aliphatic carbocycles. The van der Waals surface area contributed by atoms with Crippen molar-refractivity contribution < 1.29 is 18.0 Å². The lowest BCUT2D eigenvalue weighted by Crippen LogP contribution is -2.29. The largest absolute Gasteiger partial charge is 0.326 e. The number of sulfonamides is 1. The van der Waals surface area contributed by atoms with Gasteiger partial charge in [0.1, 0.15) is 0 Å². The Balaban J connectivity index is 1.64. The lowest BCUT2D eigenvalue weighted by Gasteiger charge is -2.22. The molecule has 170 valence electrons. The van der Waals surface area contributed by atoms with E-state index in [4.69, 9.17) is 0 Å². The molecule has 0 aliphatic heterocycles. The number of para-hydroxylation sites is 1. The van der Waals surface area contributed by atoms with E-state index >= 15 is 0 Å². The van der Waals surface area contributed by atoms with Crippen LogP contribution in [0.5, 0.6) is 0 Å². The summed E-state index contributed by atoms with van der Waals surface area (Å²) in [4.78, 5) is 23.5. The molecule has 33 heavy (non-hydrogen) atoms. The van der Waals surface area contributed by atoms with Gasteiger partial charge in [0.2, 0.25) is 15.9 Å². The molecule has 3 aromatic carbocycles. The number of nitrogens with one attached hydrogen (secondary N) is 2. The van der Waals surface area contributed by atoms with Gasteiger partial charge in [-0.3, -0.25) is 13.9 Å². The van der Waals surface area contributed by atoms with E-state index in [0.717, 1.165) is 11.8 Å². The van der Waals surface area contributed by atoms with E-state index < -0.39 is 15.9 Å². The summed E-state index contributed by atoms with van der Waals surface area (Å²) in [6, 6.07) is 22.5. The predicted octanol–water partition coefficient (Wildman–Crippen LogP) is 3.38. The highest BCUT2D eigenvalue weighted by atomic mass is 32.2. The van der Waals surface area contributed by atoms with Gasteiger partial charge >= 0.3 is 0 Å². The van der Waals surface area contributed by atoms with Gasteiger partial charge in [-0.25, -0.2) is 13.8 Å². The molecular weight excluding hydrogens is 440 g/mol. The van der Waals surface area contributed by atoms with Crippen LogP contribution in [0.1, 0.15) is 28.4 Å². The van der Waals surface area contributed by atoms with Crippen LogP contribution < -0.4 is 15.0 Å². The maximum atomic E-state index is 12.4. The Kier molecular flexibility index (Phi) is 7.57. The van der Waals surface area contributed by atoms with Gasteiger partial charge in [-0.2, -0.15) is 5.10 Å². The van der Waals surface area contributed by atoms with Gasteiger partial charge in [0.25, 0.3) is 5.91 Å². The van der Waals surface area contributed by atoms with Crippen molar-refractivity contribution in [3.05, 3.63) is 95.6 Å². The zero-order chi connectivity index (χ0) is 23.8. The smallest absolute Gasteiger partial charge is 0.271 e. The molecular formula is C24H24N4O4S. The molecule has 2 N–H and O–H groups in total. The highest BCUT2D eigenvalue weighted by Crippen LogP contribution is 2.20. The van der Waals surface area contributed by atoms with Gasteiger partial charge in [-0.1, -0.05) is 42.5 Å². The Hall–Kier alpha value is -3.98. The Labute approximate surface area is 193 Å². The highest BCUT2D eigenvalue weighted by molar-refractivity contribution is 7.92. The maximum absolute atomic E-state index is 12.4. The number of anilines is 2. The van der Waals surface area contributed by atoms with Crippen LogP contribution in [0.2, 0.25) is 0 Å². The van der Waals surface area contributed by atoms with E-state index in [2.05, 4.69) is 15.8 Å². The van der Waals surface area contributed by atoms with Crippen LogP contribution in [0.3, 0.4) is 0 Å². The summed E-state index contributed by atoms with van der Waals surface area (Å²) < 4.78 is 25.8. The molecule has 0 saturated heterocycles. The number of benzene rings is 3. The van der Waals surface area contributed by atoms with E-state index in [1.807, 2.05) is 6.07 Å². The van der Waals surface area contributed by atoms with Crippen molar-refractivity contribution in [3.63, 3.8) is 0 Å². The third-order valence-electron chi connectivity index (χ3n) is 4.57. The van der Waals surface area contributed by atoms with Gasteiger partial charge in [-0.15, -0.1) is 0 Å². The summed E-state index contributed by atoms with van der Waals surface area (Å²) >= 11 is 0. The van der Waals surface area contributed by atoms with Crippen molar-refractivity contribution in [1.82, 2.24) is 5.43 Å². The highest BCUT2D eigenvalue weighted by Gasteiger charge is 2.17. The van der Waals surface area contributed by atoms with Gasteiger partial charge in [-0.05, 0) is 47.5 Å². The van der Waals surface area contributed by atoms with Crippen molar-refractivity contribution in [1.29, 1.82) is 0 Å². The Morgan fingerprint density at radius 2 is 1.67 bits per heavy atom. The third kappa shape index (κ3) is 7.01. The second kappa shape index (κ2) is 10.6. The Morgan fingerprint density at radius 1 is 0.970 bits per heavy atom. The van der Waals surface area contributed by atoms with Crippen LogP contribution in [0.25, 0.3) is 0 Å². The second-order valence-corrected chi connectivity index (χ2v) is 9.21. The molecule has 0 fully saturated rings. The minimum atomic E-state index is -3.48. The topological polar surface area (TPSA) is 108 Å². The fourth-order valence-electron chi connectivity index (χ4n) is 3.05. The van der Waals surface area contributed by atoms with Crippen LogP contribution in [0.15, 0.2) is 84.0 Å². The predicted molar refractivity (Wildman–Crippen MR) is 130 cm³/mol. The molecule has 0 bridgehead atoms. The molecule has 3 aromatic rings. The zero-order valence-corrected chi connectivity index (χ0v) is 19.0. The molecule has 8 nitrogen and oxygen atoms in total. The lowest BCUT2D eigenvalue weighted by molar-refractivity contribution is -0.114. The molecule has 0 radical (unpaired) electrons. The summed E-state index contributed by atoms with van der Waals surface area (Å²) in [5.41, 5.74) is 5.48. The van der Waals surface area contributed by atoms with Crippen molar-refractivity contribution >= 4 is 39.4 Å². The van der Waals surface area contributed by atoms with Gasteiger partial charge in [0.15, 0.2) is 0 Å². The first kappa shape index (κ1) is 23.7. The van der Waals surface area contributed by atoms with E-state index in [9.17, 15) is 18.0 Å². The van der Waals surface area contributed by atoms with Crippen molar-refractivity contribution in [3.8, 4) is 0 Å². The van der Waals surface area contributed by atoms with Gasteiger partial charge in [0.05, 0.1) is 24.7 Å². The normalized spacial score (nSPS) is 11.2. The fourth-order valence-corrected chi connectivity index (χ4v) is 3.94. The van der Waals surface area contributed by atoms with E-state index in [1.54, 1.807) is 72.8 Å². The minimum absolute atomic E-state index is 0.146. The average Bonchev–Trinajstić information content (AvgIpc) is 2.77. The zero-order valence-electron chi connectivity index (χ0n) is 18.2. The van der Waals surface area contributed by atoms with Crippen molar-refractivity contribution in [2.45, 2.75) is 13.5 Å². The molecule has 3 rings (SSSR count). The molecule has 0 saturated carbocycles. The maximum Gasteiger partial charge on any atom is 0.271 e. The number of hydrazone groups is 1. The third-order valence-corrected chi connectivity index (χ3v) is 5.71. The first-order valence-electron chi connectivity index (χ1n) is 10.0. The monoisotopic (exact) mass is 464 g/mol. The summed E-state index contributed by atoms with van der Waals surface area (Å²) in [6.07, 6.45) is 2.63. The minimum Gasteiger partial charge on any atom is -0.326 e. The van der Waals surface area contributed by atoms with Gasteiger partial charge in [0, 0.05) is 18.2 Å².